The van der Waals surface area contributed by atoms with Gasteiger partial charge < -0.3 is 19.2 Å². The number of aryl methyl sites for hydroxylation is 1. The van der Waals surface area contributed by atoms with Gasteiger partial charge in [-0.15, -0.1) is 0 Å². The minimum atomic E-state index is -0.103. The Bertz CT molecular complexity index is 1140. The van der Waals surface area contributed by atoms with Crippen molar-refractivity contribution in [1.82, 2.24) is 14.5 Å². The van der Waals surface area contributed by atoms with Crippen LogP contribution in [-0.4, -0.2) is 34.8 Å². The molecule has 3 aromatic rings. The number of carbonyl (C=O) groups excluding carboxylic acids is 1. The van der Waals surface area contributed by atoms with Crippen LogP contribution in [-0.2, 0) is 18.3 Å². The summed E-state index contributed by atoms with van der Waals surface area (Å²) >= 11 is 0. The fourth-order valence-electron chi connectivity index (χ4n) is 4.89. The summed E-state index contributed by atoms with van der Waals surface area (Å²) < 4.78 is 8.69. The van der Waals surface area contributed by atoms with Gasteiger partial charge in [-0.3, -0.25) is 9.59 Å². The maximum atomic E-state index is 13.5. The first kappa shape index (κ1) is 20.7. The highest BCUT2D eigenvalue weighted by molar-refractivity contribution is 6.17. The standard InChI is InChI=1S/C24H31N3O3/c1-15-8-7-10-19(16(15)2)25-23(28)18-14-27(12-13-30-4)24(29)22-21(18)17-9-5-6-11-20(17)26(22)3/h5-6,9,11,14-16,19H,7-8,10,12-13H2,1-4H3,(H,25,28). The third-order valence-electron chi connectivity index (χ3n) is 6.93. The Labute approximate surface area is 176 Å². The Balaban J connectivity index is 1.87. The number of methoxy groups -OCH3 is 1. The van der Waals surface area contributed by atoms with Crippen LogP contribution in [0.2, 0.25) is 0 Å². The van der Waals surface area contributed by atoms with Crippen molar-refractivity contribution in [3.05, 3.63) is 46.4 Å². The zero-order valence-corrected chi connectivity index (χ0v) is 18.3. The molecule has 0 saturated heterocycles. The lowest BCUT2D eigenvalue weighted by Gasteiger charge is -2.34. The highest BCUT2D eigenvalue weighted by atomic mass is 16.5. The highest BCUT2D eigenvalue weighted by Gasteiger charge is 2.29. The van der Waals surface area contributed by atoms with Crippen LogP contribution in [0.5, 0.6) is 0 Å². The molecule has 0 bridgehead atoms. The first-order valence-electron chi connectivity index (χ1n) is 10.8. The topological polar surface area (TPSA) is 65.3 Å². The minimum absolute atomic E-state index is 0.100. The summed E-state index contributed by atoms with van der Waals surface area (Å²) in [6.45, 7) is 5.30. The maximum absolute atomic E-state index is 13.5. The first-order chi connectivity index (χ1) is 14.4. The van der Waals surface area contributed by atoms with Crippen LogP contribution in [0, 0.1) is 11.8 Å². The number of hydrogen-bond acceptors (Lipinski definition) is 3. The molecule has 2 aromatic heterocycles. The summed E-state index contributed by atoms with van der Waals surface area (Å²) in [5, 5.41) is 4.96. The second kappa shape index (κ2) is 8.26. The molecule has 0 spiro atoms. The van der Waals surface area contributed by atoms with E-state index < -0.39 is 0 Å². The quantitative estimate of drug-likeness (QED) is 0.699. The van der Waals surface area contributed by atoms with Crippen molar-refractivity contribution in [3.63, 3.8) is 0 Å². The molecule has 4 rings (SSSR count). The van der Waals surface area contributed by atoms with Gasteiger partial charge in [0, 0.05) is 49.2 Å². The zero-order chi connectivity index (χ0) is 21.4. The van der Waals surface area contributed by atoms with Crippen LogP contribution in [0.1, 0.15) is 43.5 Å². The van der Waals surface area contributed by atoms with Crippen LogP contribution >= 0.6 is 0 Å². The molecule has 1 aliphatic carbocycles. The Morgan fingerprint density at radius 2 is 2.00 bits per heavy atom. The number of carbonyl (C=O) groups is 1. The van der Waals surface area contributed by atoms with Gasteiger partial charge in [0.15, 0.2) is 0 Å². The average Bonchev–Trinajstić information content (AvgIpc) is 3.04. The molecule has 2 heterocycles. The van der Waals surface area contributed by atoms with Gasteiger partial charge in [-0.2, -0.15) is 0 Å². The van der Waals surface area contributed by atoms with E-state index in [1.807, 2.05) is 35.9 Å². The number of aromatic nitrogens is 2. The van der Waals surface area contributed by atoms with Gasteiger partial charge in [0.05, 0.1) is 12.2 Å². The van der Waals surface area contributed by atoms with Crippen LogP contribution < -0.4 is 10.9 Å². The van der Waals surface area contributed by atoms with Gasteiger partial charge in [-0.05, 0) is 24.3 Å². The lowest BCUT2D eigenvalue weighted by molar-refractivity contribution is 0.0891. The molecule has 1 aromatic carbocycles. The summed E-state index contributed by atoms with van der Waals surface area (Å²) in [4.78, 5) is 26.7. The first-order valence-corrected chi connectivity index (χ1v) is 10.8. The predicted molar refractivity (Wildman–Crippen MR) is 120 cm³/mol. The normalized spacial score (nSPS) is 21.9. The molecule has 3 atom stereocenters. The second-order valence-electron chi connectivity index (χ2n) is 8.68. The van der Waals surface area contributed by atoms with E-state index in [-0.39, 0.29) is 17.5 Å². The van der Waals surface area contributed by atoms with Gasteiger partial charge in [0.2, 0.25) is 0 Å². The number of rotatable bonds is 5. The van der Waals surface area contributed by atoms with Crippen LogP contribution in [0.15, 0.2) is 35.3 Å². The molecular weight excluding hydrogens is 378 g/mol. The lowest BCUT2D eigenvalue weighted by atomic mass is 9.78. The van der Waals surface area contributed by atoms with E-state index in [4.69, 9.17) is 4.74 Å². The van der Waals surface area contributed by atoms with E-state index in [1.54, 1.807) is 17.9 Å². The number of nitrogens with zero attached hydrogens (tertiary/aromatic N) is 2. The maximum Gasteiger partial charge on any atom is 0.275 e. The second-order valence-corrected chi connectivity index (χ2v) is 8.68. The SMILES string of the molecule is COCCn1cc(C(=O)NC2CCCC(C)C2C)c2c3ccccc3n(C)c2c1=O. The van der Waals surface area contributed by atoms with E-state index in [2.05, 4.69) is 19.2 Å². The van der Waals surface area contributed by atoms with Crippen LogP contribution in [0.3, 0.4) is 0 Å². The third-order valence-corrected chi connectivity index (χ3v) is 6.93. The lowest BCUT2D eigenvalue weighted by Crippen LogP contribution is -2.44. The van der Waals surface area contributed by atoms with Crippen LogP contribution in [0.25, 0.3) is 21.8 Å². The van der Waals surface area contributed by atoms with Crippen molar-refractivity contribution in [2.75, 3.05) is 13.7 Å². The summed E-state index contributed by atoms with van der Waals surface area (Å²) in [7, 11) is 3.50. The number of para-hydroxylation sites is 1. The third kappa shape index (κ3) is 3.43. The smallest absolute Gasteiger partial charge is 0.275 e. The number of ether oxygens (including phenoxy) is 1. The molecule has 0 aliphatic heterocycles. The number of amides is 1. The van der Waals surface area contributed by atoms with Gasteiger partial charge in [-0.1, -0.05) is 44.9 Å². The Hall–Kier alpha value is -2.60. The summed E-state index contributed by atoms with van der Waals surface area (Å²) in [6, 6.07) is 8.03. The monoisotopic (exact) mass is 409 g/mol. The molecule has 30 heavy (non-hydrogen) atoms. The van der Waals surface area contributed by atoms with Crippen molar-refractivity contribution in [1.29, 1.82) is 0 Å². The molecule has 3 unspecified atom stereocenters. The van der Waals surface area contributed by atoms with Gasteiger partial charge in [0.25, 0.3) is 11.5 Å². The molecule has 1 N–H and O–H groups in total. The van der Waals surface area contributed by atoms with E-state index in [0.717, 1.165) is 29.1 Å². The summed E-state index contributed by atoms with van der Waals surface area (Å²) in [5.41, 5.74) is 1.97. The Morgan fingerprint density at radius 1 is 1.23 bits per heavy atom. The van der Waals surface area contributed by atoms with Gasteiger partial charge in [0.1, 0.15) is 5.52 Å². The van der Waals surface area contributed by atoms with Crippen LogP contribution in [0.4, 0.5) is 0 Å². The predicted octanol–water partition coefficient (Wildman–Crippen LogP) is 3.69. The molecule has 1 amide bonds. The molecule has 6 heteroatoms. The molecule has 1 aliphatic rings. The van der Waals surface area contributed by atoms with Crippen molar-refractivity contribution < 1.29 is 9.53 Å². The Morgan fingerprint density at radius 3 is 2.77 bits per heavy atom. The number of benzene rings is 1. The van der Waals surface area contributed by atoms with Gasteiger partial charge in [-0.25, -0.2) is 0 Å². The molecule has 160 valence electrons. The molecule has 6 nitrogen and oxygen atoms in total. The minimum Gasteiger partial charge on any atom is -0.383 e. The summed E-state index contributed by atoms with van der Waals surface area (Å²) in [6.07, 6.45) is 5.05. The average molecular weight is 410 g/mol. The number of hydrogen-bond donors (Lipinski definition) is 1. The van der Waals surface area contributed by atoms with E-state index in [9.17, 15) is 9.59 Å². The summed E-state index contributed by atoms with van der Waals surface area (Å²) in [5.74, 6) is 0.927. The fourth-order valence-corrected chi connectivity index (χ4v) is 4.89. The number of fused-ring (bicyclic) bond motifs is 3. The van der Waals surface area contributed by atoms with Crippen molar-refractivity contribution in [3.8, 4) is 0 Å². The van der Waals surface area contributed by atoms with Crippen molar-refractivity contribution in [2.24, 2.45) is 18.9 Å². The zero-order valence-electron chi connectivity index (χ0n) is 18.3. The van der Waals surface area contributed by atoms with Crippen molar-refractivity contribution in [2.45, 2.75) is 45.7 Å². The van der Waals surface area contributed by atoms with E-state index in [0.29, 0.717) is 36.1 Å². The van der Waals surface area contributed by atoms with E-state index in [1.165, 1.54) is 6.42 Å². The van der Waals surface area contributed by atoms with E-state index >= 15 is 0 Å². The number of nitrogens with one attached hydrogen (secondary N) is 1. The number of pyridine rings is 1. The van der Waals surface area contributed by atoms with Crippen molar-refractivity contribution >= 4 is 27.7 Å². The Kier molecular flexibility index (Phi) is 5.69. The fraction of sp³-hybridized carbons (Fsp3) is 0.500. The van der Waals surface area contributed by atoms with Gasteiger partial charge >= 0.3 is 0 Å². The largest absolute Gasteiger partial charge is 0.383 e. The molecule has 0 radical (unpaired) electrons. The molecular formula is C24H31N3O3. The molecule has 1 saturated carbocycles. The highest BCUT2D eigenvalue weighted by Crippen LogP contribution is 2.31. The molecule has 1 fully saturated rings.